The second-order valence-electron chi connectivity index (χ2n) is 5.40. The molecule has 0 amide bonds. The second kappa shape index (κ2) is 4.02. The quantitative estimate of drug-likeness (QED) is 0.548. The number of rotatable bonds is 3. The first kappa shape index (κ1) is 11.9. The Bertz CT molecular complexity index is 281. The van der Waals surface area contributed by atoms with Crippen LogP contribution in [0.25, 0.3) is 0 Å². The summed E-state index contributed by atoms with van der Waals surface area (Å²) in [5.74, 6) is 0.837. The molecule has 3 heteroatoms. The van der Waals surface area contributed by atoms with Gasteiger partial charge in [0.2, 0.25) is 6.29 Å². The third-order valence-corrected chi connectivity index (χ3v) is 4.43. The molecule has 0 spiro atoms. The minimum Gasteiger partial charge on any atom is -0.432 e. The van der Waals surface area contributed by atoms with Gasteiger partial charge in [-0.3, -0.25) is 4.79 Å². The largest absolute Gasteiger partial charge is 0.432 e. The van der Waals surface area contributed by atoms with Crippen molar-refractivity contribution in [2.45, 2.75) is 59.4 Å². The maximum absolute atomic E-state index is 12.2. The van der Waals surface area contributed by atoms with E-state index in [1.165, 1.54) is 0 Å². The van der Waals surface area contributed by atoms with Gasteiger partial charge in [-0.25, -0.2) is 0 Å². The summed E-state index contributed by atoms with van der Waals surface area (Å²) >= 11 is 0. The van der Waals surface area contributed by atoms with Gasteiger partial charge in [0.15, 0.2) is 0 Å². The summed E-state index contributed by atoms with van der Waals surface area (Å²) in [4.78, 5) is 12.2. The highest BCUT2D eigenvalue weighted by Crippen LogP contribution is 2.49. The lowest BCUT2D eigenvalue weighted by atomic mass is 9.65. The van der Waals surface area contributed by atoms with E-state index in [0.29, 0.717) is 11.8 Å². The summed E-state index contributed by atoms with van der Waals surface area (Å²) in [6, 6.07) is 0. The number of hydrogen-bond donors (Lipinski definition) is 0. The van der Waals surface area contributed by atoms with Crippen molar-refractivity contribution in [2.24, 2.45) is 17.3 Å². The van der Waals surface area contributed by atoms with Crippen LogP contribution in [0.4, 0.5) is 0 Å². The van der Waals surface area contributed by atoms with Crippen molar-refractivity contribution >= 4 is 5.97 Å². The average Bonchev–Trinajstić information content (AvgIpc) is 2.96. The van der Waals surface area contributed by atoms with Crippen LogP contribution in [0.15, 0.2) is 0 Å². The van der Waals surface area contributed by atoms with Gasteiger partial charge in [0, 0.05) is 0 Å². The number of ether oxygens (including phenoxy) is 2. The van der Waals surface area contributed by atoms with Crippen molar-refractivity contribution in [1.29, 1.82) is 0 Å². The van der Waals surface area contributed by atoms with Gasteiger partial charge < -0.3 is 9.47 Å². The van der Waals surface area contributed by atoms with Crippen molar-refractivity contribution in [3.8, 4) is 0 Å². The Morgan fingerprint density at radius 2 is 2.00 bits per heavy atom. The van der Waals surface area contributed by atoms with E-state index in [0.717, 1.165) is 19.3 Å². The molecule has 3 atom stereocenters. The first-order valence-corrected chi connectivity index (χ1v) is 6.41. The Morgan fingerprint density at radius 1 is 1.38 bits per heavy atom. The molecular weight excluding hydrogens is 204 g/mol. The number of fused-ring (bicyclic) bond motifs is 1. The molecule has 92 valence electrons. The van der Waals surface area contributed by atoms with Gasteiger partial charge in [-0.05, 0) is 31.1 Å². The SMILES string of the molecule is CCC1(CC)C(=O)OC2OC2CC1C(C)C. The fourth-order valence-electron chi connectivity index (χ4n) is 3.22. The number of carbonyl (C=O) groups excluding carboxylic acids is 1. The normalized spacial score (nSPS) is 36.6. The standard InChI is InChI=1S/C13H22O3/c1-5-13(6-2)9(8(3)4)7-10-11(15-10)16-12(13)14/h8-11H,5-7H2,1-4H3. The highest BCUT2D eigenvalue weighted by molar-refractivity contribution is 5.78. The first-order valence-electron chi connectivity index (χ1n) is 6.41. The van der Waals surface area contributed by atoms with E-state index in [2.05, 4.69) is 27.7 Å². The Morgan fingerprint density at radius 3 is 2.50 bits per heavy atom. The van der Waals surface area contributed by atoms with E-state index < -0.39 is 0 Å². The van der Waals surface area contributed by atoms with Gasteiger partial charge >= 0.3 is 5.97 Å². The number of carbonyl (C=O) groups is 1. The molecule has 0 radical (unpaired) electrons. The highest BCUT2D eigenvalue weighted by Gasteiger charge is 2.56. The number of esters is 1. The van der Waals surface area contributed by atoms with Crippen LogP contribution in [0.5, 0.6) is 0 Å². The zero-order valence-electron chi connectivity index (χ0n) is 10.7. The molecule has 2 heterocycles. The lowest BCUT2D eigenvalue weighted by Gasteiger charge is -2.38. The van der Waals surface area contributed by atoms with E-state index in [4.69, 9.17) is 9.47 Å². The summed E-state index contributed by atoms with van der Waals surface area (Å²) < 4.78 is 10.8. The van der Waals surface area contributed by atoms with Crippen LogP contribution in [0, 0.1) is 17.3 Å². The smallest absolute Gasteiger partial charge is 0.314 e. The predicted molar refractivity (Wildman–Crippen MR) is 60.7 cm³/mol. The van der Waals surface area contributed by atoms with Crippen LogP contribution >= 0.6 is 0 Å². The van der Waals surface area contributed by atoms with E-state index in [1.807, 2.05) is 0 Å². The summed E-state index contributed by atoms with van der Waals surface area (Å²) in [6.07, 6.45) is 2.62. The van der Waals surface area contributed by atoms with Gasteiger partial charge in [-0.2, -0.15) is 0 Å². The fraction of sp³-hybridized carbons (Fsp3) is 0.923. The predicted octanol–water partition coefficient (Wildman–Crippen LogP) is 2.74. The first-order chi connectivity index (χ1) is 7.55. The molecule has 0 aromatic carbocycles. The molecule has 2 rings (SSSR count). The van der Waals surface area contributed by atoms with Crippen LogP contribution in [0.1, 0.15) is 47.0 Å². The molecule has 3 nitrogen and oxygen atoms in total. The van der Waals surface area contributed by atoms with E-state index in [9.17, 15) is 4.79 Å². The molecule has 0 aromatic rings. The third kappa shape index (κ3) is 1.65. The highest BCUT2D eigenvalue weighted by atomic mass is 16.8. The molecule has 0 bridgehead atoms. The second-order valence-corrected chi connectivity index (χ2v) is 5.40. The minimum absolute atomic E-state index is 0.0406. The summed E-state index contributed by atoms with van der Waals surface area (Å²) in [5.41, 5.74) is -0.287. The molecule has 2 aliphatic rings. The third-order valence-electron chi connectivity index (χ3n) is 4.43. The van der Waals surface area contributed by atoms with Crippen molar-refractivity contribution in [3.63, 3.8) is 0 Å². The topological polar surface area (TPSA) is 38.8 Å². The van der Waals surface area contributed by atoms with Crippen LogP contribution < -0.4 is 0 Å². The summed E-state index contributed by atoms with van der Waals surface area (Å²) in [5, 5.41) is 0. The molecule has 0 saturated carbocycles. The Balaban J connectivity index is 2.31. The Kier molecular flexibility index (Phi) is 2.99. The van der Waals surface area contributed by atoms with Crippen molar-refractivity contribution in [3.05, 3.63) is 0 Å². The molecule has 2 aliphatic heterocycles. The van der Waals surface area contributed by atoms with Crippen molar-refractivity contribution < 1.29 is 14.3 Å². The monoisotopic (exact) mass is 226 g/mol. The van der Waals surface area contributed by atoms with E-state index in [-0.39, 0.29) is 23.8 Å². The van der Waals surface area contributed by atoms with Gasteiger partial charge in [0.1, 0.15) is 6.10 Å². The Labute approximate surface area is 97.5 Å². The lowest BCUT2D eigenvalue weighted by molar-refractivity contribution is -0.166. The van der Waals surface area contributed by atoms with Crippen LogP contribution in [-0.4, -0.2) is 18.4 Å². The molecule has 2 fully saturated rings. The lowest BCUT2D eigenvalue weighted by Crippen LogP contribution is -2.41. The molecule has 0 N–H and O–H groups in total. The Hall–Kier alpha value is -0.570. The molecule has 16 heavy (non-hydrogen) atoms. The zero-order chi connectivity index (χ0) is 11.9. The number of hydrogen-bond acceptors (Lipinski definition) is 3. The van der Waals surface area contributed by atoms with Crippen molar-refractivity contribution in [2.75, 3.05) is 0 Å². The minimum atomic E-state index is -0.287. The maximum atomic E-state index is 12.2. The van der Waals surface area contributed by atoms with Gasteiger partial charge in [-0.15, -0.1) is 0 Å². The summed E-state index contributed by atoms with van der Waals surface area (Å²) in [7, 11) is 0. The average molecular weight is 226 g/mol. The van der Waals surface area contributed by atoms with Crippen LogP contribution in [0.2, 0.25) is 0 Å². The molecule has 2 saturated heterocycles. The molecule has 3 unspecified atom stereocenters. The van der Waals surface area contributed by atoms with Gasteiger partial charge in [-0.1, -0.05) is 27.7 Å². The van der Waals surface area contributed by atoms with Gasteiger partial charge in [0.25, 0.3) is 0 Å². The maximum Gasteiger partial charge on any atom is 0.314 e. The molecular formula is C13H22O3. The zero-order valence-corrected chi connectivity index (χ0v) is 10.7. The number of epoxide rings is 1. The van der Waals surface area contributed by atoms with E-state index in [1.54, 1.807) is 0 Å². The van der Waals surface area contributed by atoms with Crippen LogP contribution in [0.3, 0.4) is 0 Å². The molecule has 0 aromatic heterocycles. The molecule has 0 aliphatic carbocycles. The van der Waals surface area contributed by atoms with Gasteiger partial charge in [0.05, 0.1) is 5.41 Å². The van der Waals surface area contributed by atoms with Crippen molar-refractivity contribution in [1.82, 2.24) is 0 Å². The summed E-state index contributed by atoms with van der Waals surface area (Å²) in [6.45, 7) is 8.58. The van der Waals surface area contributed by atoms with E-state index >= 15 is 0 Å². The fourth-order valence-corrected chi connectivity index (χ4v) is 3.22. The van der Waals surface area contributed by atoms with Crippen LogP contribution in [-0.2, 0) is 14.3 Å².